The fourth-order valence-electron chi connectivity index (χ4n) is 3.49. The first-order chi connectivity index (χ1) is 12.0. The number of aromatic nitrogens is 3. The Hall–Kier alpha value is -2.02. The van der Waals surface area contributed by atoms with Gasteiger partial charge < -0.3 is 5.32 Å². The standard InChI is InChI=1S/C18H23FN4OS/c1-3-5-15-21-22-18(25)23(15)10-16(24)20-17-11(2)8-9-12-13(17)6-4-7-14(12)19/h4,6-7,11,17H,3,5,8-10H2,1-2H3,(H,20,24)(H,22,25). The van der Waals surface area contributed by atoms with Crippen molar-refractivity contribution in [1.29, 1.82) is 0 Å². The van der Waals surface area contributed by atoms with E-state index in [4.69, 9.17) is 12.2 Å². The van der Waals surface area contributed by atoms with Gasteiger partial charge in [0.1, 0.15) is 18.2 Å². The van der Waals surface area contributed by atoms with Gasteiger partial charge in [-0.1, -0.05) is 26.0 Å². The number of fused-ring (bicyclic) bond motifs is 1. The second-order valence-corrected chi connectivity index (χ2v) is 7.04. The average Bonchev–Trinajstić information content (AvgIpc) is 2.91. The maximum Gasteiger partial charge on any atom is 0.240 e. The third-order valence-corrected chi connectivity index (χ3v) is 5.15. The van der Waals surface area contributed by atoms with E-state index < -0.39 is 0 Å². The maximum atomic E-state index is 14.1. The van der Waals surface area contributed by atoms with Crippen LogP contribution in [0, 0.1) is 16.5 Å². The number of nitrogens with zero attached hydrogens (tertiary/aromatic N) is 2. The van der Waals surface area contributed by atoms with E-state index in [0.717, 1.165) is 36.2 Å². The molecule has 0 radical (unpaired) electrons. The number of hydrogen-bond acceptors (Lipinski definition) is 3. The third kappa shape index (κ3) is 3.66. The fourth-order valence-corrected chi connectivity index (χ4v) is 3.70. The molecule has 1 heterocycles. The lowest BCUT2D eigenvalue weighted by molar-refractivity contribution is -0.122. The number of aromatic amines is 1. The van der Waals surface area contributed by atoms with E-state index in [1.807, 2.05) is 6.07 Å². The number of hydrogen-bond donors (Lipinski definition) is 2. The maximum absolute atomic E-state index is 14.1. The van der Waals surface area contributed by atoms with Crippen LogP contribution in [0.5, 0.6) is 0 Å². The molecule has 2 unspecified atom stereocenters. The van der Waals surface area contributed by atoms with Crippen LogP contribution in [0.15, 0.2) is 18.2 Å². The summed E-state index contributed by atoms with van der Waals surface area (Å²) in [4.78, 5) is 12.6. The van der Waals surface area contributed by atoms with Crippen molar-refractivity contribution in [2.75, 3.05) is 0 Å². The van der Waals surface area contributed by atoms with Gasteiger partial charge in [0.05, 0.1) is 6.04 Å². The van der Waals surface area contributed by atoms with Gasteiger partial charge in [0.2, 0.25) is 5.91 Å². The lowest BCUT2D eigenvalue weighted by atomic mass is 9.80. The Kier molecular flexibility index (Phi) is 5.32. The van der Waals surface area contributed by atoms with Crippen LogP contribution >= 0.6 is 12.2 Å². The van der Waals surface area contributed by atoms with Crippen molar-refractivity contribution in [3.05, 3.63) is 45.7 Å². The predicted molar refractivity (Wildman–Crippen MR) is 96.2 cm³/mol. The van der Waals surface area contributed by atoms with Crippen LogP contribution in [-0.4, -0.2) is 20.7 Å². The molecule has 2 aromatic rings. The van der Waals surface area contributed by atoms with Gasteiger partial charge in [-0.3, -0.25) is 14.5 Å². The molecule has 1 aliphatic rings. The van der Waals surface area contributed by atoms with Crippen molar-refractivity contribution in [2.45, 2.75) is 52.1 Å². The molecule has 134 valence electrons. The molecular weight excluding hydrogens is 339 g/mol. The molecule has 1 amide bonds. The first-order valence-electron chi connectivity index (χ1n) is 8.72. The summed E-state index contributed by atoms with van der Waals surface area (Å²) in [5.41, 5.74) is 1.61. The molecule has 5 nitrogen and oxygen atoms in total. The highest BCUT2D eigenvalue weighted by Gasteiger charge is 2.29. The second-order valence-electron chi connectivity index (χ2n) is 6.65. The molecule has 0 saturated heterocycles. The largest absolute Gasteiger partial charge is 0.347 e. The Bertz CT molecular complexity index is 829. The Morgan fingerprint density at radius 2 is 2.32 bits per heavy atom. The van der Waals surface area contributed by atoms with Gasteiger partial charge in [-0.2, -0.15) is 5.10 Å². The Balaban J connectivity index is 1.79. The number of halogens is 1. The summed E-state index contributed by atoms with van der Waals surface area (Å²) in [6, 6.07) is 4.92. The Morgan fingerprint density at radius 1 is 1.52 bits per heavy atom. The highest BCUT2D eigenvalue weighted by atomic mass is 32.1. The van der Waals surface area contributed by atoms with Crippen LogP contribution in [-0.2, 0) is 24.2 Å². The minimum absolute atomic E-state index is 0.124. The van der Waals surface area contributed by atoms with Crippen LogP contribution in [0.2, 0.25) is 0 Å². The topological polar surface area (TPSA) is 62.7 Å². The Labute approximate surface area is 151 Å². The zero-order valence-electron chi connectivity index (χ0n) is 14.5. The molecule has 25 heavy (non-hydrogen) atoms. The Morgan fingerprint density at radius 3 is 3.08 bits per heavy atom. The van der Waals surface area contributed by atoms with Crippen molar-refractivity contribution < 1.29 is 9.18 Å². The van der Waals surface area contributed by atoms with Gasteiger partial charge in [0.15, 0.2) is 4.77 Å². The van der Waals surface area contributed by atoms with Gasteiger partial charge in [0.25, 0.3) is 0 Å². The zero-order valence-corrected chi connectivity index (χ0v) is 15.3. The van der Waals surface area contributed by atoms with Crippen LogP contribution in [0.1, 0.15) is 49.7 Å². The van der Waals surface area contributed by atoms with Gasteiger partial charge in [0, 0.05) is 6.42 Å². The summed E-state index contributed by atoms with van der Waals surface area (Å²) < 4.78 is 16.2. The first-order valence-corrected chi connectivity index (χ1v) is 9.12. The summed E-state index contributed by atoms with van der Waals surface area (Å²) in [6.07, 6.45) is 3.25. The summed E-state index contributed by atoms with van der Waals surface area (Å²) >= 11 is 5.23. The highest BCUT2D eigenvalue weighted by molar-refractivity contribution is 7.71. The number of nitrogens with one attached hydrogen (secondary N) is 2. The normalized spacial score (nSPS) is 19.5. The summed E-state index contributed by atoms with van der Waals surface area (Å²) in [5.74, 6) is 0.714. The van der Waals surface area contributed by atoms with Crippen LogP contribution < -0.4 is 5.32 Å². The number of rotatable bonds is 5. The van der Waals surface area contributed by atoms with E-state index in [-0.39, 0.29) is 30.2 Å². The number of amides is 1. The van der Waals surface area contributed by atoms with Gasteiger partial charge >= 0.3 is 0 Å². The molecule has 1 aromatic heterocycles. The summed E-state index contributed by atoms with van der Waals surface area (Å²) in [6.45, 7) is 4.26. The minimum Gasteiger partial charge on any atom is -0.347 e. The van der Waals surface area contributed by atoms with Crippen LogP contribution in [0.25, 0.3) is 0 Å². The number of carbonyl (C=O) groups is 1. The fraction of sp³-hybridized carbons (Fsp3) is 0.500. The van der Waals surface area contributed by atoms with Crippen molar-refractivity contribution in [2.24, 2.45) is 5.92 Å². The van der Waals surface area contributed by atoms with Crippen LogP contribution in [0.4, 0.5) is 4.39 Å². The number of benzene rings is 1. The monoisotopic (exact) mass is 362 g/mol. The van der Waals surface area contributed by atoms with E-state index in [9.17, 15) is 9.18 Å². The van der Waals surface area contributed by atoms with Crippen molar-refractivity contribution in [3.63, 3.8) is 0 Å². The molecule has 0 saturated carbocycles. The second kappa shape index (κ2) is 7.47. The van der Waals surface area contributed by atoms with Gasteiger partial charge in [-0.25, -0.2) is 4.39 Å². The number of carbonyl (C=O) groups excluding carboxylic acids is 1. The lowest BCUT2D eigenvalue weighted by Crippen LogP contribution is -2.37. The summed E-state index contributed by atoms with van der Waals surface area (Å²) in [7, 11) is 0. The molecule has 0 aliphatic heterocycles. The van der Waals surface area contributed by atoms with Crippen molar-refractivity contribution >= 4 is 18.1 Å². The first kappa shape index (κ1) is 17.8. The SMILES string of the molecule is CCCc1n[nH]c(=S)n1CC(=O)NC1c2cccc(F)c2CCC1C. The van der Waals surface area contributed by atoms with Crippen molar-refractivity contribution in [3.8, 4) is 0 Å². The van der Waals surface area contributed by atoms with E-state index >= 15 is 0 Å². The highest BCUT2D eigenvalue weighted by Crippen LogP contribution is 2.35. The average molecular weight is 362 g/mol. The molecule has 1 aromatic carbocycles. The van der Waals surface area contributed by atoms with Gasteiger partial charge in [-0.05, 0) is 54.6 Å². The summed E-state index contributed by atoms with van der Waals surface area (Å²) in [5, 5.41) is 10.0. The molecule has 0 spiro atoms. The third-order valence-electron chi connectivity index (χ3n) is 4.84. The molecule has 2 atom stereocenters. The van der Waals surface area contributed by atoms with E-state index in [2.05, 4.69) is 29.4 Å². The quantitative estimate of drug-likeness (QED) is 0.801. The molecule has 3 rings (SSSR count). The molecular formula is C18H23FN4OS. The van der Waals surface area contributed by atoms with Crippen LogP contribution in [0.3, 0.4) is 0 Å². The molecule has 0 bridgehead atoms. The number of aryl methyl sites for hydroxylation is 1. The number of H-pyrrole nitrogens is 1. The van der Waals surface area contributed by atoms with E-state index in [1.165, 1.54) is 6.07 Å². The lowest BCUT2D eigenvalue weighted by Gasteiger charge is -2.32. The molecule has 2 N–H and O–H groups in total. The molecule has 7 heteroatoms. The molecule has 1 aliphatic carbocycles. The van der Waals surface area contributed by atoms with Crippen molar-refractivity contribution in [1.82, 2.24) is 20.1 Å². The minimum atomic E-state index is -0.189. The van der Waals surface area contributed by atoms with Gasteiger partial charge in [-0.15, -0.1) is 0 Å². The van der Waals surface area contributed by atoms with E-state index in [0.29, 0.717) is 11.2 Å². The smallest absolute Gasteiger partial charge is 0.240 e. The zero-order chi connectivity index (χ0) is 18.0. The predicted octanol–water partition coefficient (Wildman–Crippen LogP) is 3.47. The van der Waals surface area contributed by atoms with E-state index in [1.54, 1.807) is 10.6 Å². The molecule has 0 fully saturated rings.